The van der Waals surface area contributed by atoms with Gasteiger partial charge in [-0.1, -0.05) is 42.5 Å². The van der Waals surface area contributed by atoms with Crippen molar-refractivity contribution < 1.29 is 19.1 Å². The summed E-state index contributed by atoms with van der Waals surface area (Å²) in [5.74, 6) is 0.554. The molecule has 2 aromatic heterocycles. The van der Waals surface area contributed by atoms with Gasteiger partial charge in [-0.15, -0.1) is 5.10 Å². The predicted molar refractivity (Wildman–Crippen MR) is 180 cm³/mol. The van der Waals surface area contributed by atoms with E-state index < -0.39 is 12.1 Å². The Morgan fingerprint density at radius 3 is 2.46 bits per heavy atom. The van der Waals surface area contributed by atoms with Crippen LogP contribution in [-0.4, -0.2) is 68.9 Å². The Morgan fingerprint density at radius 2 is 1.76 bits per heavy atom. The molecule has 0 spiro atoms. The highest BCUT2D eigenvalue weighted by Crippen LogP contribution is 2.27. The Labute approximate surface area is 270 Å². The summed E-state index contributed by atoms with van der Waals surface area (Å²) in [6, 6.07) is 24.0. The zero-order chi connectivity index (χ0) is 32.0. The number of carbonyl (C=O) groups excluding carboxylic acids is 1. The number of imidazole rings is 1. The zero-order valence-electron chi connectivity index (χ0n) is 25.4. The third kappa shape index (κ3) is 7.21. The Morgan fingerprint density at radius 1 is 1.02 bits per heavy atom. The summed E-state index contributed by atoms with van der Waals surface area (Å²) in [6.45, 7) is 1.44. The first-order valence-electron chi connectivity index (χ1n) is 15.2. The fraction of sp³-hybridized carbons (Fsp3) is 0.257. The van der Waals surface area contributed by atoms with Crippen LogP contribution in [0.25, 0.3) is 28.0 Å². The molecular formula is C35H35FN6O3S. The molecule has 2 atom stereocenters. The molecule has 3 heterocycles. The van der Waals surface area contributed by atoms with Gasteiger partial charge < -0.3 is 21.1 Å². The summed E-state index contributed by atoms with van der Waals surface area (Å²) in [4.78, 5) is 29.2. The molecular weight excluding hydrogens is 603 g/mol. The van der Waals surface area contributed by atoms with Gasteiger partial charge in [-0.05, 0) is 77.7 Å². The number of benzene rings is 3. The van der Waals surface area contributed by atoms with Gasteiger partial charge in [0, 0.05) is 42.6 Å². The number of thioether (sulfide) groups is 1. The first-order valence-corrected chi connectivity index (χ1v) is 16.6. The van der Waals surface area contributed by atoms with Gasteiger partial charge in [-0.3, -0.25) is 4.79 Å². The number of rotatable bonds is 12. The topological polar surface area (TPSA) is 121 Å². The van der Waals surface area contributed by atoms with Gasteiger partial charge in [0.25, 0.3) is 5.91 Å². The summed E-state index contributed by atoms with van der Waals surface area (Å²) in [5.41, 5.74) is 6.78. The minimum Gasteiger partial charge on any atom is -0.478 e. The second-order valence-corrected chi connectivity index (χ2v) is 12.3. The SMILES string of the molecule is CSCCNc1ccc2ncc(-c3ccc(C(=O)NCc4ccc(-c5ccc(C(=O)O)cc5)cc4)c(C[C@H]4C[C@@H](F)CN4)c3)n2n1. The van der Waals surface area contributed by atoms with Crippen molar-refractivity contribution in [3.05, 3.63) is 107 Å². The molecule has 6 rings (SSSR count). The average Bonchev–Trinajstić information content (AvgIpc) is 3.69. The molecule has 5 aromatic rings. The highest BCUT2D eigenvalue weighted by molar-refractivity contribution is 7.98. The van der Waals surface area contributed by atoms with Crippen LogP contribution in [0.15, 0.2) is 85.1 Å². The van der Waals surface area contributed by atoms with E-state index in [1.54, 1.807) is 46.7 Å². The molecule has 0 saturated carbocycles. The van der Waals surface area contributed by atoms with E-state index in [0.717, 1.165) is 57.3 Å². The van der Waals surface area contributed by atoms with Gasteiger partial charge in [0.2, 0.25) is 0 Å². The lowest BCUT2D eigenvalue weighted by molar-refractivity contribution is 0.0696. The maximum Gasteiger partial charge on any atom is 0.335 e. The number of aromatic carboxylic acids is 1. The van der Waals surface area contributed by atoms with E-state index in [4.69, 9.17) is 10.2 Å². The first kappa shape index (κ1) is 31.3. The van der Waals surface area contributed by atoms with Gasteiger partial charge in [-0.25, -0.2) is 18.7 Å². The predicted octanol–water partition coefficient (Wildman–Crippen LogP) is 5.71. The number of carbonyl (C=O) groups is 2. The number of hydrogen-bond acceptors (Lipinski definition) is 7. The Kier molecular flexibility index (Phi) is 9.60. The molecule has 1 amide bonds. The number of amides is 1. The molecule has 1 aliphatic heterocycles. The smallest absolute Gasteiger partial charge is 0.335 e. The van der Waals surface area contributed by atoms with E-state index in [0.29, 0.717) is 31.5 Å². The number of anilines is 1. The Hall–Kier alpha value is -4.74. The van der Waals surface area contributed by atoms with Gasteiger partial charge >= 0.3 is 5.97 Å². The van der Waals surface area contributed by atoms with E-state index in [2.05, 4.69) is 27.2 Å². The molecule has 236 valence electrons. The lowest BCUT2D eigenvalue weighted by Crippen LogP contribution is -2.27. The van der Waals surface area contributed by atoms with Crippen LogP contribution in [0.3, 0.4) is 0 Å². The number of alkyl halides is 1. The molecule has 1 saturated heterocycles. The molecule has 3 aromatic carbocycles. The monoisotopic (exact) mass is 638 g/mol. The quantitative estimate of drug-likeness (QED) is 0.128. The van der Waals surface area contributed by atoms with Crippen LogP contribution in [0.4, 0.5) is 10.2 Å². The minimum atomic E-state index is -0.961. The summed E-state index contributed by atoms with van der Waals surface area (Å²) < 4.78 is 15.9. The minimum absolute atomic E-state index is 0.0681. The van der Waals surface area contributed by atoms with Crippen LogP contribution in [0, 0.1) is 0 Å². The van der Waals surface area contributed by atoms with Gasteiger partial charge in [0.1, 0.15) is 12.0 Å². The first-order chi connectivity index (χ1) is 22.4. The number of nitrogens with one attached hydrogen (secondary N) is 3. The summed E-state index contributed by atoms with van der Waals surface area (Å²) in [5, 5.41) is 23.5. The van der Waals surface area contributed by atoms with E-state index in [9.17, 15) is 14.0 Å². The summed E-state index contributed by atoms with van der Waals surface area (Å²) in [7, 11) is 0. The van der Waals surface area contributed by atoms with Crippen molar-refractivity contribution in [2.75, 3.05) is 30.4 Å². The van der Waals surface area contributed by atoms with E-state index in [1.165, 1.54) is 0 Å². The summed E-state index contributed by atoms with van der Waals surface area (Å²) in [6.07, 6.45) is 3.86. The van der Waals surface area contributed by atoms with Gasteiger partial charge in [-0.2, -0.15) is 11.8 Å². The molecule has 0 bridgehead atoms. The van der Waals surface area contributed by atoms with E-state index >= 15 is 0 Å². The highest BCUT2D eigenvalue weighted by atomic mass is 32.2. The number of carboxylic acids is 1. The number of halogens is 1. The normalized spacial score (nSPS) is 16.0. The van der Waals surface area contributed by atoms with Crippen LogP contribution in [0.1, 0.15) is 38.3 Å². The van der Waals surface area contributed by atoms with Crippen molar-refractivity contribution >= 4 is 35.1 Å². The third-order valence-corrected chi connectivity index (χ3v) is 8.74. The third-order valence-electron chi connectivity index (χ3n) is 8.13. The molecule has 4 N–H and O–H groups in total. The molecule has 1 aliphatic rings. The molecule has 0 radical (unpaired) electrons. The van der Waals surface area contributed by atoms with Crippen LogP contribution in [0.5, 0.6) is 0 Å². The molecule has 0 aliphatic carbocycles. The van der Waals surface area contributed by atoms with Crippen LogP contribution >= 0.6 is 11.8 Å². The molecule has 1 fully saturated rings. The number of fused-ring (bicyclic) bond motifs is 1. The lowest BCUT2D eigenvalue weighted by Gasteiger charge is -2.16. The van der Waals surface area contributed by atoms with Crippen LogP contribution in [-0.2, 0) is 13.0 Å². The largest absolute Gasteiger partial charge is 0.478 e. The van der Waals surface area contributed by atoms with Crippen molar-refractivity contribution in [2.24, 2.45) is 0 Å². The second kappa shape index (κ2) is 14.1. The zero-order valence-corrected chi connectivity index (χ0v) is 26.2. The van der Waals surface area contributed by atoms with Crippen molar-refractivity contribution in [3.8, 4) is 22.4 Å². The van der Waals surface area contributed by atoms with Crippen molar-refractivity contribution in [2.45, 2.75) is 31.6 Å². The van der Waals surface area contributed by atoms with E-state index in [1.807, 2.05) is 54.6 Å². The number of aromatic nitrogens is 3. The number of hydrogen-bond donors (Lipinski definition) is 4. The fourth-order valence-electron chi connectivity index (χ4n) is 5.68. The lowest BCUT2D eigenvalue weighted by atomic mass is 9.95. The summed E-state index contributed by atoms with van der Waals surface area (Å²) >= 11 is 1.76. The number of carboxylic acid groups (broad SMARTS) is 1. The highest BCUT2D eigenvalue weighted by Gasteiger charge is 2.26. The van der Waals surface area contributed by atoms with Crippen molar-refractivity contribution in [3.63, 3.8) is 0 Å². The fourth-order valence-corrected chi connectivity index (χ4v) is 5.98. The average molecular weight is 639 g/mol. The molecule has 9 nitrogen and oxygen atoms in total. The molecule has 46 heavy (non-hydrogen) atoms. The van der Waals surface area contributed by atoms with Gasteiger partial charge in [0.15, 0.2) is 5.65 Å². The van der Waals surface area contributed by atoms with Crippen LogP contribution in [0.2, 0.25) is 0 Å². The van der Waals surface area contributed by atoms with Crippen molar-refractivity contribution in [1.29, 1.82) is 0 Å². The van der Waals surface area contributed by atoms with Gasteiger partial charge in [0.05, 0.1) is 17.5 Å². The number of nitrogens with zero attached hydrogens (tertiary/aromatic N) is 3. The standard InChI is InChI=1S/C35H35FN6O3S/c1-46-15-14-37-32-12-13-33-39-21-31(42(33)41-32)26-10-11-30(27(16-26)17-29-18-28(36)20-38-29)34(43)40-19-22-2-4-23(5-3-22)24-6-8-25(9-7-24)35(44)45/h2-13,16,21,28-29,38H,14-15,17-20H2,1H3,(H,37,41)(H,40,43)(H,44,45)/t28-,29+/m1/s1. The Bertz CT molecular complexity index is 1840. The maximum atomic E-state index is 14.1. The van der Waals surface area contributed by atoms with E-state index in [-0.39, 0.29) is 17.5 Å². The molecule has 0 unspecified atom stereocenters. The maximum absolute atomic E-state index is 14.1. The Balaban J connectivity index is 1.21. The molecule has 11 heteroatoms. The van der Waals surface area contributed by atoms with Crippen molar-refractivity contribution in [1.82, 2.24) is 25.2 Å². The second-order valence-electron chi connectivity index (χ2n) is 11.3. The van der Waals surface area contributed by atoms with Crippen LogP contribution < -0.4 is 16.0 Å².